The van der Waals surface area contributed by atoms with Crippen LogP contribution in [0.1, 0.15) is 49.3 Å². The summed E-state index contributed by atoms with van der Waals surface area (Å²) in [7, 11) is 0. The minimum absolute atomic E-state index is 0.00148. The van der Waals surface area contributed by atoms with Gasteiger partial charge >= 0.3 is 0 Å². The van der Waals surface area contributed by atoms with E-state index in [4.69, 9.17) is 0 Å². The minimum atomic E-state index is -0.00148. The lowest BCUT2D eigenvalue weighted by atomic mass is 9.62. The van der Waals surface area contributed by atoms with Gasteiger partial charge in [-0.2, -0.15) is 4.91 Å². The van der Waals surface area contributed by atoms with Crippen LogP contribution in [0.2, 0.25) is 0 Å². The highest BCUT2D eigenvalue weighted by molar-refractivity contribution is 5.42. The Balaban J connectivity index is 2.04. The molecule has 0 saturated heterocycles. The highest BCUT2D eigenvalue weighted by Gasteiger charge is 2.38. The van der Waals surface area contributed by atoms with E-state index in [0.29, 0.717) is 11.7 Å². The Kier molecular flexibility index (Phi) is 4.46. The van der Waals surface area contributed by atoms with Gasteiger partial charge < -0.3 is 5.11 Å². The predicted molar refractivity (Wildman–Crippen MR) is 92.5 cm³/mol. The topological polar surface area (TPSA) is 49.7 Å². The number of nitrogens with zero attached hydrogens (tertiary/aromatic N) is 1. The first-order valence-electron chi connectivity index (χ1n) is 8.32. The molecule has 0 bridgehead atoms. The third-order valence-corrected chi connectivity index (χ3v) is 5.17. The fourth-order valence-corrected chi connectivity index (χ4v) is 4.03. The SMILES string of the molecule is CC1CCCC(c2ccc(O)cc2)(c2ccc(CN=O)cc2)C1. The molecule has 2 aromatic rings. The monoisotopic (exact) mass is 309 g/mol. The average Bonchev–Trinajstić information content (AvgIpc) is 2.56. The molecule has 1 saturated carbocycles. The van der Waals surface area contributed by atoms with Crippen LogP contribution in [0.25, 0.3) is 0 Å². The van der Waals surface area contributed by atoms with E-state index in [0.717, 1.165) is 18.4 Å². The van der Waals surface area contributed by atoms with E-state index in [9.17, 15) is 10.0 Å². The van der Waals surface area contributed by atoms with Crippen molar-refractivity contribution in [3.8, 4) is 5.75 Å². The fraction of sp³-hybridized carbons (Fsp3) is 0.400. The van der Waals surface area contributed by atoms with Crippen molar-refractivity contribution in [2.75, 3.05) is 0 Å². The smallest absolute Gasteiger partial charge is 0.115 e. The average molecular weight is 309 g/mol. The molecule has 3 nitrogen and oxygen atoms in total. The molecule has 0 heterocycles. The Morgan fingerprint density at radius 1 is 1.09 bits per heavy atom. The van der Waals surface area contributed by atoms with Crippen molar-refractivity contribution < 1.29 is 5.11 Å². The Morgan fingerprint density at radius 2 is 1.70 bits per heavy atom. The number of nitroso groups, excluding NO2 is 1. The molecule has 2 unspecified atom stereocenters. The first-order valence-corrected chi connectivity index (χ1v) is 8.32. The molecule has 2 atom stereocenters. The van der Waals surface area contributed by atoms with E-state index in [1.807, 2.05) is 24.3 Å². The number of hydrogen-bond donors (Lipinski definition) is 1. The van der Waals surface area contributed by atoms with E-state index in [2.05, 4.69) is 24.2 Å². The lowest BCUT2D eigenvalue weighted by molar-refractivity contribution is 0.272. The summed E-state index contributed by atoms with van der Waals surface area (Å²) in [5.41, 5.74) is 3.51. The van der Waals surface area contributed by atoms with E-state index in [-0.39, 0.29) is 12.0 Å². The molecule has 0 spiro atoms. The molecule has 1 aliphatic carbocycles. The van der Waals surface area contributed by atoms with Gasteiger partial charge in [0.25, 0.3) is 0 Å². The van der Waals surface area contributed by atoms with Gasteiger partial charge in [0.15, 0.2) is 0 Å². The summed E-state index contributed by atoms with van der Waals surface area (Å²) in [5, 5.41) is 12.6. The first kappa shape index (κ1) is 15.7. The second-order valence-electron chi connectivity index (χ2n) is 6.81. The summed E-state index contributed by atoms with van der Waals surface area (Å²) in [4.78, 5) is 10.4. The summed E-state index contributed by atoms with van der Waals surface area (Å²) in [6, 6.07) is 16.0. The van der Waals surface area contributed by atoms with Crippen molar-refractivity contribution in [3.63, 3.8) is 0 Å². The Labute approximate surface area is 137 Å². The van der Waals surface area contributed by atoms with Crippen LogP contribution in [-0.4, -0.2) is 5.11 Å². The fourth-order valence-electron chi connectivity index (χ4n) is 4.03. The molecule has 3 heteroatoms. The summed E-state index contributed by atoms with van der Waals surface area (Å²) in [6.45, 7) is 2.54. The Hall–Kier alpha value is -2.16. The zero-order valence-electron chi connectivity index (χ0n) is 13.5. The highest BCUT2D eigenvalue weighted by Crippen LogP contribution is 2.47. The summed E-state index contributed by atoms with van der Waals surface area (Å²) in [5.74, 6) is 0.981. The van der Waals surface area contributed by atoms with Crippen LogP contribution in [0.5, 0.6) is 5.75 Å². The highest BCUT2D eigenvalue weighted by atomic mass is 16.3. The lowest BCUT2D eigenvalue weighted by Crippen LogP contribution is -2.33. The van der Waals surface area contributed by atoms with E-state index in [1.165, 1.54) is 24.0 Å². The van der Waals surface area contributed by atoms with Crippen LogP contribution in [0.15, 0.2) is 53.7 Å². The van der Waals surface area contributed by atoms with Gasteiger partial charge in [-0.15, -0.1) is 0 Å². The molecule has 120 valence electrons. The molecule has 2 aromatic carbocycles. The van der Waals surface area contributed by atoms with Crippen molar-refractivity contribution in [2.45, 2.75) is 44.6 Å². The number of phenols is 1. The van der Waals surface area contributed by atoms with Crippen molar-refractivity contribution in [1.82, 2.24) is 0 Å². The van der Waals surface area contributed by atoms with Gasteiger partial charge in [0.05, 0.1) is 0 Å². The number of aromatic hydroxyl groups is 1. The Morgan fingerprint density at radius 3 is 2.26 bits per heavy atom. The van der Waals surface area contributed by atoms with Gasteiger partial charge in [-0.05, 0) is 47.6 Å². The predicted octanol–water partition coefficient (Wildman–Crippen LogP) is 5.15. The quantitative estimate of drug-likeness (QED) is 0.793. The van der Waals surface area contributed by atoms with Crippen LogP contribution in [0, 0.1) is 10.8 Å². The van der Waals surface area contributed by atoms with Gasteiger partial charge in [-0.25, -0.2) is 0 Å². The van der Waals surface area contributed by atoms with Gasteiger partial charge in [-0.1, -0.05) is 61.3 Å². The first-order chi connectivity index (χ1) is 11.1. The maximum atomic E-state index is 10.4. The molecule has 3 rings (SSSR count). The molecule has 1 N–H and O–H groups in total. The second-order valence-corrected chi connectivity index (χ2v) is 6.81. The van der Waals surface area contributed by atoms with E-state index >= 15 is 0 Å². The van der Waals surface area contributed by atoms with E-state index < -0.39 is 0 Å². The van der Waals surface area contributed by atoms with Crippen LogP contribution >= 0.6 is 0 Å². The normalized spacial score (nSPS) is 24.3. The molecular weight excluding hydrogens is 286 g/mol. The molecule has 0 radical (unpaired) electrons. The summed E-state index contributed by atoms with van der Waals surface area (Å²) < 4.78 is 0. The molecule has 0 aromatic heterocycles. The maximum Gasteiger partial charge on any atom is 0.115 e. The number of benzene rings is 2. The number of hydrogen-bond acceptors (Lipinski definition) is 3. The second kappa shape index (κ2) is 6.53. The molecular formula is C20H23NO2. The van der Waals surface area contributed by atoms with E-state index in [1.54, 1.807) is 12.1 Å². The van der Waals surface area contributed by atoms with Crippen molar-refractivity contribution in [2.24, 2.45) is 11.1 Å². The molecule has 23 heavy (non-hydrogen) atoms. The molecule has 1 fully saturated rings. The van der Waals surface area contributed by atoms with Crippen molar-refractivity contribution in [1.29, 1.82) is 0 Å². The van der Waals surface area contributed by atoms with Crippen LogP contribution in [0.3, 0.4) is 0 Å². The van der Waals surface area contributed by atoms with Gasteiger partial charge in [0.2, 0.25) is 0 Å². The standard InChI is InChI=1S/C20H23NO2/c1-15-3-2-12-20(13-15,18-8-10-19(22)11-9-18)17-6-4-16(5-7-17)14-21-23/h4-11,15,22H,2-3,12-14H2,1H3. The zero-order valence-corrected chi connectivity index (χ0v) is 13.5. The summed E-state index contributed by atoms with van der Waals surface area (Å²) >= 11 is 0. The molecule has 0 amide bonds. The molecule has 0 aliphatic heterocycles. The maximum absolute atomic E-state index is 10.4. The number of rotatable bonds is 4. The molecule has 1 aliphatic rings. The third kappa shape index (κ3) is 3.14. The zero-order chi connectivity index (χ0) is 16.3. The summed E-state index contributed by atoms with van der Waals surface area (Å²) in [6.07, 6.45) is 4.71. The van der Waals surface area contributed by atoms with Crippen LogP contribution in [0.4, 0.5) is 0 Å². The van der Waals surface area contributed by atoms with Crippen molar-refractivity contribution in [3.05, 3.63) is 70.1 Å². The lowest BCUT2D eigenvalue weighted by Gasteiger charge is -2.41. The minimum Gasteiger partial charge on any atom is -0.508 e. The van der Waals surface area contributed by atoms with Crippen LogP contribution in [-0.2, 0) is 12.0 Å². The van der Waals surface area contributed by atoms with Crippen molar-refractivity contribution >= 4 is 0 Å². The third-order valence-electron chi connectivity index (χ3n) is 5.17. The van der Waals surface area contributed by atoms with Gasteiger partial charge in [0, 0.05) is 5.41 Å². The van der Waals surface area contributed by atoms with Gasteiger partial charge in [0.1, 0.15) is 12.3 Å². The largest absolute Gasteiger partial charge is 0.508 e. The van der Waals surface area contributed by atoms with Gasteiger partial charge in [-0.3, -0.25) is 0 Å². The number of phenolic OH excluding ortho intramolecular Hbond substituents is 1. The Bertz CT molecular complexity index is 663. The van der Waals surface area contributed by atoms with Crippen LogP contribution < -0.4 is 0 Å².